The molecule has 20 heavy (non-hydrogen) atoms. The lowest BCUT2D eigenvalue weighted by molar-refractivity contribution is 0.0923. The van der Waals surface area contributed by atoms with E-state index in [9.17, 15) is 4.79 Å². The molecule has 2 rings (SSSR count). The number of carbonyl (C=O) groups excluding carboxylic acids is 1. The summed E-state index contributed by atoms with van der Waals surface area (Å²) in [5.74, 6) is 0.329. The second-order valence-electron chi connectivity index (χ2n) is 4.63. The first kappa shape index (κ1) is 14.3. The molecule has 5 heteroatoms. The van der Waals surface area contributed by atoms with Gasteiger partial charge in [0.15, 0.2) is 5.69 Å². The molecule has 0 aliphatic rings. The van der Waals surface area contributed by atoms with Crippen molar-refractivity contribution in [1.82, 2.24) is 10.5 Å². The summed E-state index contributed by atoms with van der Waals surface area (Å²) in [7, 11) is 0. The number of benzene rings is 1. The Hall–Kier alpha value is -2.14. The molecule has 0 saturated heterocycles. The number of aliphatic hydroxyl groups is 1. The van der Waals surface area contributed by atoms with E-state index in [1.54, 1.807) is 13.0 Å². The van der Waals surface area contributed by atoms with Crippen LogP contribution in [-0.2, 0) is 0 Å². The van der Waals surface area contributed by atoms with Gasteiger partial charge in [-0.05, 0) is 25.3 Å². The number of aromatic nitrogens is 1. The van der Waals surface area contributed by atoms with Crippen molar-refractivity contribution in [3.05, 3.63) is 53.4 Å². The summed E-state index contributed by atoms with van der Waals surface area (Å²) in [5, 5.41) is 15.6. The van der Waals surface area contributed by atoms with Gasteiger partial charge in [0, 0.05) is 12.7 Å². The highest BCUT2D eigenvalue weighted by molar-refractivity contribution is 5.92. The van der Waals surface area contributed by atoms with Gasteiger partial charge in [-0.1, -0.05) is 35.5 Å². The van der Waals surface area contributed by atoms with Gasteiger partial charge in [0.05, 0.1) is 6.04 Å². The van der Waals surface area contributed by atoms with E-state index in [0.717, 1.165) is 5.56 Å². The molecule has 1 aromatic carbocycles. The number of carbonyl (C=O) groups is 1. The molecule has 0 saturated carbocycles. The van der Waals surface area contributed by atoms with E-state index in [4.69, 9.17) is 9.63 Å². The molecular formula is C15H18N2O3. The molecule has 5 nitrogen and oxygen atoms in total. The lowest BCUT2D eigenvalue weighted by Gasteiger charge is -2.18. The van der Waals surface area contributed by atoms with E-state index in [1.165, 1.54) is 0 Å². The highest BCUT2D eigenvalue weighted by Gasteiger charge is 2.17. The van der Waals surface area contributed by atoms with E-state index < -0.39 is 0 Å². The van der Waals surface area contributed by atoms with Gasteiger partial charge in [-0.25, -0.2) is 0 Å². The lowest BCUT2D eigenvalue weighted by atomic mass is 10.0. The Morgan fingerprint density at radius 2 is 2.15 bits per heavy atom. The number of hydrogen-bond acceptors (Lipinski definition) is 4. The zero-order valence-electron chi connectivity index (χ0n) is 11.4. The molecule has 106 valence electrons. The van der Waals surface area contributed by atoms with Crippen LogP contribution in [0.15, 0.2) is 40.9 Å². The fraction of sp³-hybridized carbons (Fsp3) is 0.333. The lowest BCUT2D eigenvalue weighted by Crippen LogP contribution is -2.29. The van der Waals surface area contributed by atoms with Crippen molar-refractivity contribution in [3.8, 4) is 0 Å². The molecule has 2 N–H and O–H groups in total. The molecule has 2 aromatic rings. The normalized spacial score (nSPS) is 12.1. The van der Waals surface area contributed by atoms with Gasteiger partial charge < -0.3 is 14.9 Å². The first-order valence-corrected chi connectivity index (χ1v) is 6.60. The Balaban J connectivity index is 2.09. The fourth-order valence-electron chi connectivity index (χ4n) is 2.01. The summed E-state index contributed by atoms with van der Waals surface area (Å²) < 4.78 is 4.90. The van der Waals surface area contributed by atoms with Crippen LogP contribution in [0.1, 0.15) is 40.7 Å². The van der Waals surface area contributed by atoms with Crippen LogP contribution in [-0.4, -0.2) is 22.8 Å². The van der Waals surface area contributed by atoms with E-state index in [1.807, 2.05) is 30.3 Å². The van der Waals surface area contributed by atoms with Gasteiger partial charge in [0.2, 0.25) is 0 Å². The molecule has 0 bridgehead atoms. The number of aryl methyl sites for hydroxylation is 1. The molecule has 1 heterocycles. The average molecular weight is 274 g/mol. The van der Waals surface area contributed by atoms with Crippen LogP contribution in [0, 0.1) is 6.92 Å². The Labute approximate surface area is 117 Å². The van der Waals surface area contributed by atoms with E-state index in [0.29, 0.717) is 18.6 Å². The summed E-state index contributed by atoms with van der Waals surface area (Å²) in [5.41, 5.74) is 1.28. The zero-order valence-corrected chi connectivity index (χ0v) is 11.4. The van der Waals surface area contributed by atoms with Crippen LogP contribution >= 0.6 is 0 Å². The van der Waals surface area contributed by atoms with Crippen LogP contribution in [0.4, 0.5) is 0 Å². The van der Waals surface area contributed by atoms with E-state index in [-0.39, 0.29) is 24.2 Å². The predicted molar refractivity (Wildman–Crippen MR) is 74.2 cm³/mol. The van der Waals surface area contributed by atoms with Crippen molar-refractivity contribution in [1.29, 1.82) is 0 Å². The van der Waals surface area contributed by atoms with E-state index >= 15 is 0 Å². The van der Waals surface area contributed by atoms with Gasteiger partial charge in [-0.3, -0.25) is 4.79 Å². The molecule has 1 aromatic heterocycles. The highest BCUT2D eigenvalue weighted by Crippen LogP contribution is 2.18. The second kappa shape index (κ2) is 6.86. The van der Waals surface area contributed by atoms with Gasteiger partial charge in [-0.2, -0.15) is 0 Å². The number of amides is 1. The minimum atomic E-state index is -0.270. The number of nitrogens with one attached hydrogen (secondary N) is 1. The van der Waals surface area contributed by atoms with Crippen molar-refractivity contribution >= 4 is 5.91 Å². The molecule has 1 amide bonds. The summed E-state index contributed by atoms with van der Waals surface area (Å²) in [6.07, 6.45) is 1.29. The third kappa shape index (κ3) is 3.68. The molecule has 0 spiro atoms. The average Bonchev–Trinajstić information content (AvgIpc) is 2.91. The zero-order chi connectivity index (χ0) is 14.4. The van der Waals surface area contributed by atoms with Crippen molar-refractivity contribution in [2.75, 3.05) is 6.61 Å². The Bertz CT molecular complexity index is 551. The maximum Gasteiger partial charge on any atom is 0.273 e. The molecule has 0 fully saturated rings. The number of hydrogen-bond donors (Lipinski definition) is 2. The van der Waals surface area contributed by atoms with Crippen LogP contribution in [0.3, 0.4) is 0 Å². The smallest absolute Gasteiger partial charge is 0.273 e. The highest BCUT2D eigenvalue weighted by atomic mass is 16.5. The van der Waals surface area contributed by atoms with Crippen molar-refractivity contribution in [2.45, 2.75) is 25.8 Å². The number of rotatable bonds is 6. The van der Waals surface area contributed by atoms with Crippen molar-refractivity contribution < 1.29 is 14.4 Å². The minimum Gasteiger partial charge on any atom is -0.396 e. The predicted octanol–water partition coefficient (Wildman–Crippen LogP) is 2.23. The Morgan fingerprint density at radius 1 is 1.40 bits per heavy atom. The standard InChI is InChI=1S/C15H18N2O3/c1-11-10-14(17-20-11)15(19)16-13(8-5-9-18)12-6-3-2-4-7-12/h2-4,6-7,10,13,18H,5,8-9H2,1H3,(H,16,19). The number of nitrogens with zero attached hydrogens (tertiary/aromatic N) is 1. The van der Waals surface area contributed by atoms with Crippen LogP contribution < -0.4 is 5.32 Å². The molecule has 0 aliphatic carbocycles. The third-order valence-electron chi connectivity index (χ3n) is 3.02. The molecule has 1 atom stereocenters. The Morgan fingerprint density at radius 3 is 2.75 bits per heavy atom. The van der Waals surface area contributed by atoms with Gasteiger partial charge >= 0.3 is 0 Å². The maximum atomic E-state index is 12.1. The summed E-state index contributed by atoms with van der Waals surface area (Å²) in [4.78, 5) is 12.1. The largest absolute Gasteiger partial charge is 0.396 e. The quantitative estimate of drug-likeness (QED) is 0.847. The van der Waals surface area contributed by atoms with Gasteiger partial charge in [0.1, 0.15) is 5.76 Å². The summed E-state index contributed by atoms with van der Waals surface area (Å²) in [6.45, 7) is 1.84. The molecule has 1 unspecified atom stereocenters. The first-order valence-electron chi connectivity index (χ1n) is 6.60. The number of aliphatic hydroxyl groups excluding tert-OH is 1. The minimum absolute atomic E-state index is 0.0995. The van der Waals surface area contributed by atoms with E-state index in [2.05, 4.69) is 10.5 Å². The third-order valence-corrected chi connectivity index (χ3v) is 3.02. The van der Waals surface area contributed by atoms with Gasteiger partial charge in [-0.15, -0.1) is 0 Å². The van der Waals surface area contributed by atoms with Crippen molar-refractivity contribution in [2.24, 2.45) is 0 Å². The van der Waals surface area contributed by atoms with Crippen molar-refractivity contribution in [3.63, 3.8) is 0 Å². The fourth-order valence-corrected chi connectivity index (χ4v) is 2.01. The molecular weight excluding hydrogens is 256 g/mol. The molecule has 0 aliphatic heterocycles. The van der Waals surface area contributed by atoms with Crippen LogP contribution in [0.5, 0.6) is 0 Å². The monoisotopic (exact) mass is 274 g/mol. The van der Waals surface area contributed by atoms with Gasteiger partial charge in [0.25, 0.3) is 5.91 Å². The topological polar surface area (TPSA) is 75.4 Å². The summed E-state index contributed by atoms with van der Waals surface area (Å²) >= 11 is 0. The van der Waals surface area contributed by atoms with Crippen LogP contribution in [0.2, 0.25) is 0 Å². The molecule has 0 radical (unpaired) electrons. The summed E-state index contributed by atoms with van der Waals surface area (Å²) in [6, 6.07) is 11.1. The SMILES string of the molecule is Cc1cc(C(=O)NC(CCCO)c2ccccc2)no1. The second-order valence-corrected chi connectivity index (χ2v) is 4.63. The maximum absolute atomic E-state index is 12.1. The first-order chi connectivity index (χ1) is 9.70. The van der Waals surface area contributed by atoms with Crippen LogP contribution in [0.25, 0.3) is 0 Å². The Kier molecular flexibility index (Phi) is 4.90.